The zero-order valence-electron chi connectivity index (χ0n) is 19.4. The first-order chi connectivity index (χ1) is 17.3. The maximum Gasteiger partial charge on any atom is 0.325 e. The molecule has 0 spiro atoms. The lowest BCUT2D eigenvalue weighted by Crippen LogP contribution is -2.54. The number of carboxylic acid groups (broad SMARTS) is 1. The van der Waals surface area contributed by atoms with Crippen LogP contribution in [0.2, 0.25) is 0 Å². The minimum atomic E-state index is -0.902. The lowest BCUT2D eigenvalue weighted by molar-refractivity contribution is -0.153. The highest BCUT2D eigenvalue weighted by molar-refractivity contribution is 5.82. The van der Waals surface area contributed by atoms with E-state index in [1.165, 1.54) is 23.2 Å². The zero-order chi connectivity index (χ0) is 25.4. The number of fused-ring (bicyclic) bond motifs is 1. The molecule has 1 saturated heterocycles. The summed E-state index contributed by atoms with van der Waals surface area (Å²) >= 11 is 0. The number of aliphatic carboxylic acids is 1. The molecule has 4 aromatic rings. The number of nitrogens with zero attached hydrogens (tertiary/aromatic N) is 4. The Labute approximate surface area is 204 Å². The molecule has 184 valence electrons. The maximum absolute atomic E-state index is 13.9. The number of carboxylic acids is 1. The number of rotatable bonds is 7. The molecule has 2 aromatic carbocycles. The topological polar surface area (TPSA) is 128 Å². The van der Waals surface area contributed by atoms with Gasteiger partial charge in [0.05, 0.1) is 12.1 Å². The Morgan fingerprint density at radius 3 is 2.58 bits per heavy atom. The summed E-state index contributed by atoms with van der Waals surface area (Å²) in [6.45, 7) is 3.88. The Kier molecular flexibility index (Phi) is 5.96. The minimum absolute atomic E-state index is 0.00674. The van der Waals surface area contributed by atoms with E-state index in [-0.39, 0.29) is 43.1 Å². The van der Waals surface area contributed by atoms with Gasteiger partial charge in [-0.2, -0.15) is 4.98 Å². The molecule has 0 atom stereocenters. The average molecular weight is 492 g/mol. The number of halogens is 1. The Balaban J connectivity index is 1.30. The fraction of sp³-hybridized carbons (Fsp3) is 0.240. The second-order valence-corrected chi connectivity index (χ2v) is 8.46. The molecule has 1 aliphatic rings. The third-order valence-corrected chi connectivity index (χ3v) is 5.80. The van der Waals surface area contributed by atoms with Crippen LogP contribution in [0.5, 0.6) is 17.5 Å². The molecule has 0 radical (unpaired) electrons. The second kappa shape index (κ2) is 9.25. The first-order valence-electron chi connectivity index (χ1n) is 11.1. The van der Waals surface area contributed by atoms with E-state index >= 15 is 0 Å². The fourth-order valence-corrected chi connectivity index (χ4v) is 3.88. The predicted octanol–water partition coefficient (Wildman–Crippen LogP) is 3.75. The smallest absolute Gasteiger partial charge is 0.325 e. The van der Waals surface area contributed by atoms with Gasteiger partial charge in [-0.25, -0.2) is 14.4 Å². The first-order valence-corrected chi connectivity index (χ1v) is 11.1. The van der Waals surface area contributed by atoms with Crippen molar-refractivity contribution in [2.45, 2.75) is 13.8 Å². The number of benzene rings is 2. The summed E-state index contributed by atoms with van der Waals surface area (Å²) in [4.78, 5) is 37.3. The van der Waals surface area contributed by atoms with E-state index in [4.69, 9.17) is 19.0 Å². The van der Waals surface area contributed by atoms with Gasteiger partial charge >= 0.3 is 12.0 Å². The molecule has 36 heavy (non-hydrogen) atoms. The number of aryl methyl sites for hydroxylation is 2. The lowest BCUT2D eigenvalue weighted by Gasteiger charge is -2.36. The van der Waals surface area contributed by atoms with Crippen molar-refractivity contribution in [1.82, 2.24) is 19.9 Å². The summed E-state index contributed by atoms with van der Waals surface area (Å²) in [5.74, 6) is -1.37. The van der Waals surface area contributed by atoms with Gasteiger partial charge in [0.25, 0.3) is 11.6 Å². The quantitative estimate of drug-likeness (QED) is 0.410. The number of amides is 1. The molecule has 1 amide bonds. The van der Waals surface area contributed by atoms with Crippen LogP contribution in [0.15, 0.2) is 47.0 Å². The second-order valence-electron chi connectivity index (χ2n) is 8.46. The number of hydrogen-bond donors (Lipinski definition) is 1. The maximum atomic E-state index is 13.9. The van der Waals surface area contributed by atoms with Crippen molar-refractivity contribution in [2.75, 3.05) is 19.7 Å². The molecule has 5 rings (SSSR count). The number of para-hydroxylation sites is 1. The van der Waals surface area contributed by atoms with Crippen LogP contribution in [-0.4, -0.2) is 56.5 Å². The highest BCUT2D eigenvalue weighted by Gasteiger charge is 2.35. The molecule has 10 nitrogen and oxygen atoms in total. The number of oxazole rings is 1. The number of ether oxygens (including phenoxy) is 2. The summed E-state index contributed by atoms with van der Waals surface area (Å²) in [6.07, 6.45) is 1.43. The van der Waals surface area contributed by atoms with E-state index in [9.17, 15) is 14.0 Å². The van der Waals surface area contributed by atoms with Gasteiger partial charge in [-0.1, -0.05) is 12.1 Å². The molecule has 1 N–H and O–H groups in total. The zero-order valence-corrected chi connectivity index (χ0v) is 19.4. The van der Waals surface area contributed by atoms with Crippen LogP contribution < -0.4 is 9.47 Å². The molecule has 0 saturated carbocycles. The molecule has 3 heterocycles. The van der Waals surface area contributed by atoms with Crippen molar-refractivity contribution in [3.63, 3.8) is 0 Å². The van der Waals surface area contributed by atoms with E-state index in [1.54, 1.807) is 12.1 Å². The van der Waals surface area contributed by atoms with Gasteiger partial charge in [0.2, 0.25) is 5.89 Å². The van der Waals surface area contributed by atoms with Gasteiger partial charge in [-0.3, -0.25) is 9.59 Å². The van der Waals surface area contributed by atoms with Gasteiger partial charge in [0.15, 0.2) is 18.2 Å². The highest BCUT2D eigenvalue weighted by atomic mass is 19.1. The third kappa shape index (κ3) is 4.54. The number of carbonyl (C=O) groups excluding carboxylic acids is 1. The summed E-state index contributed by atoms with van der Waals surface area (Å²) in [6, 6.07) is 9.47. The fourth-order valence-electron chi connectivity index (χ4n) is 3.88. The van der Waals surface area contributed by atoms with Crippen molar-refractivity contribution in [3.05, 3.63) is 59.5 Å². The average Bonchev–Trinajstić information content (AvgIpc) is 3.22. The van der Waals surface area contributed by atoms with Crippen molar-refractivity contribution >= 4 is 23.1 Å². The van der Waals surface area contributed by atoms with E-state index in [1.807, 2.05) is 26.0 Å². The van der Waals surface area contributed by atoms with E-state index < -0.39 is 17.7 Å². The Bertz CT molecular complexity index is 1460. The van der Waals surface area contributed by atoms with Gasteiger partial charge in [0.1, 0.15) is 11.3 Å². The summed E-state index contributed by atoms with van der Waals surface area (Å²) in [7, 11) is 0. The lowest BCUT2D eigenvalue weighted by atomic mass is 10.0. The van der Waals surface area contributed by atoms with Gasteiger partial charge in [-0.15, -0.1) is 0 Å². The monoisotopic (exact) mass is 492 g/mol. The van der Waals surface area contributed by atoms with Crippen LogP contribution in [0.1, 0.15) is 11.1 Å². The van der Waals surface area contributed by atoms with Gasteiger partial charge in [-0.05, 0) is 49.2 Å². The largest absolute Gasteiger partial charge is 0.483 e. The Morgan fingerprint density at radius 1 is 1.17 bits per heavy atom. The molecule has 2 aromatic heterocycles. The van der Waals surface area contributed by atoms with Crippen LogP contribution >= 0.6 is 0 Å². The van der Waals surface area contributed by atoms with Crippen molar-refractivity contribution in [3.8, 4) is 29.0 Å². The molecular weight excluding hydrogens is 471 g/mol. The van der Waals surface area contributed by atoms with Crippen molar-refractivity contribution in [2.24, 2.45) is 5.92 Å². The van der Waals surface area contributed by atoms with Crippen LogP contribution in [0.3, 0.4) is 0 Å². The molecule has 1 fully saturated rings. The normalized spacial score (nSPS) is 13.5. The van der Waals surface area contributed by atoms with Crippen molar-refractivity contribution < 1.29 is 33.0 Å². The number of likely N-dealkylation sites (tertiary alicyclic amines) is 1. The molecule has 11 heteroatoms. The number of carbonyl (C=O) groups is 2. The Hall–Kier alpha value is -4.54. The summed E-state index contributed by atoms with van der Waals surface area (Å²) in [5.41, 5.74) is 2.79. The molecule has 0 unspecified atom stereocenters. The number of aromatic nitrogens is 3. The predicted molar refractivity (Wildman–Crippen MR) is 124 cm³/mol. The van der Waals surface area contributed by atoms with Crippen LogP contribution in [0, 0.1) is 25.6 Å². The van der Waals surface area contributed by atoms with Gasteiger partial charge in [0, 0.05) is 18.7 Å². The first kappa shape index (κ1) is 23.2. The van der Waals surface area contributed by atoms with E-state index in [0.717, 1.165) is 11.1 Å². The summed E-state index contributed by atoms with van der Waals surface area (Å²) in [5, 5.41) is 8.95. The molecule has 0 bridgehead atoms. The molecule has 1 aliphatic heterocycles. The van der Waals surface area contributed by atoms with Crippen LogP contribution in [-0.2, 0) is 9.59 Å². The molecular formula is C25H21FN4O6. The summed E-state index contributed by atoms with van der Waals surface area (Å²) < 4.78 is 30.8. The van der Waals surface area contributed by atoms with Crippen LogP contribution in [0.25, 0.3) is 22.7 Å². The SMILES string of the molecule is Cc1cc(-c2nc3cnc(Oc4ccccc4F)nc3o2)cc(C)c1OCC(=O)N1CC(C(=O)O)C1. The third-order valence-electron chi connectivity index (χ3n) is 5.80. The van der Waals surface area contributed by atoms with Crippen LogP contribution in [0.4, 0.5) is 4.39 Å². The van der Waals surface area contributed by atoms with E-state index in [0.29, 0.717) is 22.7 Å². The Morgan fingerprint density at radius 2 is 1.89 bits per heavy atom. The minimum Gasteiger partial charge on any atom is -0.483 e. The highest BCUT2D eigenvalue weighted by Crippen LogP contribution is 2.32. The van der Waals surface area contributed by atoms with E-state index in [2.05, 4.69) is 15.0 Å². The molecule has 0 aliphatic carbocycles. The van der Waals surface area contributed by atoms with Gasteiger partial charge < -0.3 is 23.9 Å². The standard InChI is InChI=1S/C25H21FN4O6/c1-13-7-15(8-14(2)21(13)34-12-20(31)30-10-16(11-30)24(32)33)22-28-18-9-27-25(29-23(18)36-22)35-19-6-4-3-5-17(19)26/h3-9,16H,10-12H2,1-2H3,(H,32,33). The number of hydrogen-bond acceptors (Lipinski definition) is 8. The van der Waals surface area contributed by atoms with Crippen molar-refractivity contribution in [1.29, 1.82) is 0 Å².